The van der Waals surface area contributed by atoms with Crippen molar-refractivity contribution in [2.75, 3.05) is 25.5 Å². The van der Waals surface area contributed by atoms with Gasteiger partial charge in [-0.3, -0.25) is 10.1 Å². The Labute approximate surface area is 122 Å². The van der Waals surface area contributed by atoms with Gasteiger partial charge in [0, 0.05) is 34.9 Å². The zero-order valence-electron chi connectivity index (χ0n) is 11.5. The van der Waals surface area contributed by atoms with E-state index in [1.54, 1.807) is 6.07 Å². The first-order chi connectivity index (χ1) is 8.91. The smallest absolute Gasteiger partial charge is 0.270 e. The first-order valence-corrected chi connectivity index (χ1v) is 7.09. The minimum absolute atomic E-state index is 0.0944. The molecule has 5 nitrogen and oxygen atoms in total. The number of benzene rings is 1. The molecule has 1 aromatic rings. The van der Waals surface area contributed by atoms with Gasteiger partial charge in [-0.1, -0.05) is 0 Å². The maximum absolute atomic E-state index is 10.6. The second-order valence-corrected chi connectivity index (χ2v) is 5.63. The van der Waals surface area contributed by atoms with E-state index in [1.165, 1.54) is 12.1 Å². The highest BCUT2D eigenvalue weighted by molar-refractivity contribution is 9.10. The molecular weight excluding hydrogens is 310 g/mol. The van der Waals surface area contributed by atoms with Gasteiger partial charge in [-0.2, -0.15) is 0 Å². The fourth-order valence-electron chi connectivity index (χ4n) is 1.57. The van der Waals surface area contributed by atoms with Gasteiger partial charge in [-0.25, -0.2) is 0 Å². The number of non-ortho nitro benzene ring substituents is 1. The summed E-state index contributed by atoms with van der Waals surface area (Å²) in [4.78, 5) is 12.5. The molecule has 1 rings (SSSR count). The van der Waals surface area contributed by atoms with Crippen LogP contribution in [0.4, 0.5) is 11.4 Å². The van der Waals surface area contributed by atoms with E-state index in [-0.39, 0.29) is 5.69 Å². The Morgan fingerprint density at radius 3 is 2.68 bits per heavy atom. The van der Waals surface area contributed by atoms with Crippen molar-refractivity contribution in [2.45, 2.75) is 26.3 Å². The molecule has 6 heteroatoms. The van der Waals surface area contributed by atoms with Gasteiger partial charge in [-0.05, 0) is 55.9 Å². The Morgan fingerprint density at radius 1 is 1.47 bits per heavy atom. The summed E-state index contributed by atoms with van der Waals surface area (Å²) in [7, 11) is 2.10. The number of hydrogen-bond donors (Lipinski definition) is 1. The molecule has 0 saturated carbocycles. The van der Waals surface area contributed by atoms with Crippen LogP contribution in [0.3, 0.4) is 0 Å². The molecular formula is C13H20BrN3O2. The zero-order chi connectivity index (χ0) is 14.4. The molecule has 19 heavy (non-hydrogen) atoms. The molecule has 1 aromatic carbocycles. The maximum Gasteiger partial charge on any atom is 0.270 e. The number of rotatable bonds is 7. The Morgan fingerprint density at radius 2 is 2.16 bits per heavy atom. The lowest BCUT2D eigenvalue weighted by atomic mass is 10.2. The predicted octanol–water partition coefficient (Wildman–Crippen LogP) is 3.50. The Bertz CT molecular complexity index is 438. The third kappa shape index (κ3) is 5.16. The van der Waals surface area contributed by atoms with Gasteiger partial charge in [0.15, 0.2) is 0 Å². The lowest BCUT2D eigenvalue weighted by Gasteiger charge is -2.20. The van der Waals surface area contributed by atoms with Crippen molar-refractivity contribution in [1.82, 2.24) is 4.90 Å². The molecule has 0 heterocycles. The second kappa shape index (κ2) is 7.45. The molecule has 0 amide bonds. The van der Waals surface area contributed by atoms with Crippen molar-refractivity contribution in [3.05, 3.63) is 32.8 Å². The van der Waals surface area contributed by atoms with E-state index >= 15 is 0 Å². The molecule has 106 valence electrons. The van der Waals surface area contributed by atoms with Crippen molar-refractivity contribution >= 4 is 27.3 Å². The van der Waals surface area contributed by atoms with E-state index in [9.17, 15) is 10.1 Å². The van der Waals surface area contributed by atoms with Crippen LogP contribution in [-0.2, 0) is 0 Å². The van der Waals surface area contributed by atoms with Gasteiger partial charge in [0.05, 0.1) is 4.92 Å². The lowest BCUT2D eigenvalue weighted by Crippen LogP contribution is -2.28. The largest absolute Gasteiger partial charge is 0.384 e. The summed E-state index contributed by atoms with van der Waals surface area (Å²) < 4.78 is 0.721. The summed E-state index contributed by atoms with van der Waals surface area (Å²) in [5.41, 5.74) is 0.981. The summed E-state index contributed by atoms with van der Waals surface area (Å²) >= 11 is 3.34. The summed E-state index contributed by atoms with van der Waals surface area (Å²) in [6.07, 6.45) is 1.03. The highest BCUT2D eigenvalue weighted by atomic mass is 79.9. The van der Waals surface area contributed by atoms with Crippen LogP contribution >= 0.6 is 15.9 Å². The lowest BCUT2D eigenvalue weighted by molar-refractivity contribution is -0.384. The van der Waals surface area contributed by atoms with Gasteiger partial charge in [0.2, 0.25) is 0 Å². The van der Waals surface area contributed by atoms with E-state index < -0.39 is 4.92 Å². The Hall–Kier alpha value is -1.14. The van der Waals surface area contributed by atoms with E-state index in [2.05, 4.69) is 47.0 Å². The van der Waals surface area contributed by atoms with Crippen LogP contribution < -0.4 is 5.32 Å². The highest BCUT2D eigenvalue weighted by Crippen LogP contribution is 2.26. The predicted molar refractivity (Wildman–Crippen MR) is 81.7 cm³/mol. The highest BCUT2D eigenvalue weighted by Gasteiger charge is 2.08. The normalized spacial score (nSPS) is 11.1. The van der Waals surface area contributed by atoms with Crippen LogP contribution in [0, 0.1) is 10.1 Å². The monoisotopic (exact) mass is 329 g/mol. The molecule has 0 atom stereocenters. The minimum atomic E-state index is -0.397. The SMILES string of the molecule is CC(C)N(C)CCCNc1ccc([N+](=O)[O-])cc1Br. The molecule has 0 bridgehead atoms. The number of nitrogens with zero attached hydrogens (tertiary/aromatic N) is 2. The molecule has 0 radical (unpaired) electrons. The quantitative estimate of drug-likeness (QED) is 0.472. The second-order valence-electron chi connectivity index (χ2n) is 4.78. The fraction of sp³-hybridized carbons (Fsp3) is 0.538. The van der Waals surface area contributed by atoms with Gasteiger partial charge >= 0.3 is 0 Å². The molecule has 0 spiro atoms. The van der Waals surface area contributed by atoms with E-state index in [0.29, 0.717) is 6.04 Å². The van der Waals surface area contributed by atoms with Crippen LogP contribution in [0.1, 0.15) is 20.3 Å². The maximum atomic E-state index is 10.6. The first kappa shape index (κ1) is 15.9. The average Bonchev–Trinajstić information content (AvgIpc) is 2.35. The molecule has 0 aliphatic heterocycles. The summed E-state index contributed by atoms with van der Waals surface area (Å²) in [5, 5.41) is 13.9. The number of nitro groups is 1. The first-order valence-electron chi connectivity index (χ1n) is 6.30. The topological polar surface area (TPSA) is 58.4 Å². The van der Waals surface area contributed by atoms with Gasteiger partial charge < -0.3 is 10.2 Å². The minimum Gasteiger partial charge on any atom is -0.384 e. The van der Waals surface area contributed by atoms with Gasteiger partial charge in [0.1, 0.15) is 0 Å². The number of anilines is 1. The van der Waals surface area contributed by atoms with Crippen molar-refractivity contribution in [1.29, 1.82) is 0 Å². The van der Waals surface area contributed by atoms with Crippen LogP contribution in [0.2, 0.25) is 0 Å². The van der Waals surface area contributed by atoms with Crippen LogP contribution in [0.5, 0.6) is 0 Å². The Kier molecular flexibility index (Phi) is 6.24. The van der Waals surface area contributed by atoms with Crippen molar-refractivity contribution in [3.8, 4) is 0 Å². The number of halogens is 1. The third-order valence-electron chi connectivity index (χ3n) is 3.05. The van der Waals surface area contributed by atoms with Crippen LogP contribution in [0.25, 0.3) is 0 Å². The number of nitrogens with one attached hydrogen (secondary N) is 1. The van der Waals surface area contributed by atoms with Crippen LogP contribution in [-0.4, -0.2) is 36.0 Å². The molecule has 0 aliphatic carbocycles. The van der Waals surface area contributed by atoms with Crippen molar-refractivity contribution in [3.63, 3.8) is 0 Å². The summed E-state index contributed by atoms with van der Waals surface area (Å²) in [5.74, 6) is 0. The third-order valence-corrected chi connectivity index (χ3v) is 3.70. The van der Waals surface area contributed by atoms with Crippen molar-refractivity contribution in [2.24, 2.45) is 0 Å². The molecule has 0 aromatic heterocycles. The standard InChI is InChI=1S/C13H20BrN3O2/c1-10(2)16(3)8-4-7-15-13-6-5-11(17(18)19)9-12(13)14/h5-6,9-10,15H,4,7-8H2,1-3H3. The molecule has 1 N–H and O–H groups in total. The molecule has 0 aliphatic rings. The number of nitro benzene ring substituents is 1. The molecule has 0 fully saturated rings. The molecule has 0 saturated heterocycles. The fourth-order valence-corrected chi connectivity index (χ4v) is 2.08. The number of hydrogen-bond acceptors (Lipinski definition) is 4. The molecule has 0 unspecified atom stereocenters. The summed E-state index contributed by atoms with van der Waals surface area (Å²) in [6, 6.07) is 5.30. The average molecular weight is 330 g/mol. The van der Waals surface area contributed by atoms with Crippen LogP contribution in [0.15, 0.2) is 22.7 Å². The van der Waals surface area contributed by atoms with E-state index in [1.807, 2.05) is 0 Å². The summed E-state index contributed by atoms with van der Waals surface area (Å²) in [6.45, 7) is 6.20. The Balaban J connectivity index is 2.44. The zero-order valence-corrected chi connectivity index (χ0v) is 13.1. The van der Waals surface area contributed by atoms with E-state index in [0.717, 1.165) is 29.7 Å². The van der Waals surface area contributed by atoms with Gasteiger partial charge in [-0.15, -0.1) is 0 Å². The van der Waals surface area contributed by atoms with E-state index in [4.69, 9.17) is 0 Å². The van der Waals surface area contributed by atoms with Crippen molar-refractivity contribution < 1.29 is 4.92 Å². The van der Waals surface area contributed by atoms with Gasteiger partial charge in [0.25, 0.3) is 5.69 Å².